The van der Waals surface area contributed by atoms with E-state index in [9.17, 15) is 9.59 Å². The van der Waals surface area contributed by atoms with E-state index in [1.54, 1.807) is 42.9 Å². The highest BCUT2D eigenvalue weighted by Gasteiger charge is 2.41. The van der Waals surface area contributed by atoms with Crippen LogP contribution in [0.3, 0.4) is 0 Å². The van der Waals surface area contributed by atoms with E-state index in [2.05, 4.69) is 52.1 Å². The topological polar surface area (TPSA) is 62.3 Å². The average molecular weight is 420 g/mol. The van der Waals surface area contributed by atoms with Crippen molar-refractivity contribution in [2.24, 2.45) is 5.41 Å². The molecule has 4 rings (SSSR count). The van der Waals surface area contributed by atoms with Crippen molar-refractivity contribution < 1.29 is 9.59 Å². The molecule has 6 heteroatoms. The largest absolute Gasteiger partial charge is 0.359 e. The number of hydrogen-bond acceptors (Lipinski definition) is 4. The van der Waals surface area contributed by atoms with Crippen LogP contribution >= 0.6 is 11.3 Å². The predicted octanol–water partition coefficient (Wildman–Crippen LogP) is 4.02. The fourth-order valence-electron chi connectivity index (χ4n) is 4.18. The van der Waals surface area contributed by atoms with Gasteiger partial charge >= 0.3 is 0 Å². The maximum atomic E-state index is 12.9. The maximum Gasteiger partial charge on any atom is 0.255 e. The van der Waals surface area contributed by atoms with Gasteiger partial charge in [-0.15, -0.1) is 11.3 Å². The van der Waals surface area contributed by atoms with Gasteiger partial charge in [0.1, 0.15) is 0 Å². The number of rotatable bonds is 5. The van der Waals surface area contributed by atoms with E-state index >= 15 is 0 Å². The lowest BCUT2D eigenvalue weighted by Crippen LogP contribution is -2.50. The molecule has 154 valence electrons. The number of carbonyl (C=O) groups excluding carboxylic acids is 2. The summed E-state index contributed by atoms with van der Waals surface area (Å²) >= 11 is 1.72. The summed E-state index contributed by atoms with van der Waals surface area (Å²) in [7, 11) is 1.69. The summed E-state index contributed by atoms with van der Waals surface area (Å²) in [4.78, 5) is 32.7. The second kappa shape index (κ2) is 8.79. The SMILES string of the molecule is CNC(=O)C1(Cc2ccc(-c3cccs3)cc2)CCN(C(=O)c2cccnc2)CC1. The Balaban J connectivity index is 1.48. The van der Waals surface area contributed by atoms with Crippen LogP contribution in [-0.2, 0) is 11.2 Å². The Morgan fingerprint density at radius 2 is 1.87 bits per heavy atom. The van der Waals surface area contributed by atoms with Crippen LogP contribution in [0.1, 0.15) is 28.8 Å². The van der Waals surface area contributed by atoms with Crippen LogP contribution in [0, 0.1) is 5.41 Å². The molecule has 1 aliphatic heterocycles. The van der Waals surface area contributed by atoms with Crippen molar-refractivity contribution >= 4 is 23.2 Å². The van der Waals surface area contributed by atoms with E-state index in [1.807, 2.05) is 4.90 Å². The number of amides is 2. The summed E-state index contributed by atoms with van der Waals surface area (Å²) < 4.78 is 0. The van der Waals surface area contributed by atoms with Gasteiger partial charge < -0.3 is 10.2 Å². The zero-order valence-corrected chi connectivity index (χ0v) is 17.8. The number of piperidine rings is 1. The number of likely N-dealkylation sites (tertiary alicyclic amines) is 1. The summed E-state index contributed by atoms with van der Waals surface area (Å²) in [6.07, 6.45) is 5.22. The first-order valence-electron chi connectivity index (χ1n) is 10.2. The third-order valence-corrected chi connectivity index (χ3v) is 6.85. The highest BCUT2D eigenvalue weighted by atomic mass is 32.1. The van der Waals surface area contributed by atoms with Gasteiger partial charge in [0.15, 0.2) is 0 Å². The van der Waals surface area contributed by atoms with E-state index in [0.717, 1.165) is 5.56 Å². The molecule has 2 aromatic heterocycles. The van der Waals surface area contributed by atoms with Gasteiger partial charge in [-0.05, 0) is 54.0 Å². The van der Waals surface area contributed by atoms with Crippen LogP contribution in [0.2, 0.25) is 0 Å². The van der Waals surface area contributed by atoms with Crippen molar-refractivity contribution in [1.82, 2.24) is 15.2 Å². The third-order valence-electron chi connectivity index (χ3n) is 5.93. The number of carbonyl (C=O) groups is 2. The van der Waals surface area contributed by atoms with E-state index < -0.39 is 5.41 Å². The first-order valence-corrected chi connectivity index (χ1v) is 11.0. The van der Waals surface area contributed by atoms with Gasteiger partial charge in [0.05, 0.1) is 11.0 Å². The molecule has 1 saturated heterocycles. The fraction of sp³-hybridized carbons (Fsp3) is 0.292. The lowest BCUT2D eigenvalue weighted by Gasteiger charge is -2.40. The second-order valence-electron chi connectivity index (χ2n) is 7.74. The van der Waals surface area contributed by atoms with Crippen molar-refractivity contribution in [2.75, 3.05) is 20.1 Å². The Labute approximate surface area is 180 Å². The molecule has 0 unspecified atom stereocenters. The lowest BCUT2D eigenvalue weighted by atomic mass is 9.73. The molecule has 2 amide bonds. The normalized spacial score (nSPS) is 15.6. The molecular formula is C24H25N3O2S. The third kappa shape index (κ3) is 4.14. The van der Waals surface area contributed by atoms with Crippen molar-refractivity contribution in [3.05, 3.63) is 77.4 Å². The average Bonchev–Trinajstić information content (AvgIpc) is 3.34. The number of nitrogens with one attached hydrogen (secondary N) is 1. The number of benzene rings is 1. The molecule has 3 heterocycles. The van der Waals surface area contributed by atoms with Gasteiger partial charge in [-0.25, -0.2) is 0 Å². The minimum atomic E-state index is -0.495. The van der Waals surface area contributed by atoms with Gasteiger partial charge in [0.2, 0.25) is 5.91 Å². The predicted molar refractivity (Wildman–Crippen MR) is 119 cm³/mol. The van der Waals surface area contributed by atoms with Crippen molar-refractivity contribution in [3.63, 3.8) is 0 Å². The highest BCUT2D eigenvalue weighted by Crippen LogP contribution is 2.36. The van der Waals surface area contributed by atoms with Gasteiger partial charge in [-0.1, -0.05) is 30.3 Å². The monoisotopic (exact) mass is 419 g/mol. The Morgan fingerprint density at radius 1 is 1.10 bits per heavy atom. The van der Waals surface area contributed by atoms with Gasteiger partial charge in [0, 0.05) is 37.4 Å². The van der Waals surface area contributed by atoms with E-state index in [1.165, 1.54) is 10.4 Å². The molecule has 5 nitrogen and oxygen atoms in total. The van der Waals surface area contributed by atoms with Crippen molar-refractivity contribution in [1.29, 1.82) is 0 Å². The summed E-state index contributed by atoms with van der Waals surface area (Å²) in [5.74, 6) is 0.0345. The first-order chi connectivity index (χ1) is 14.6. The lowest BCUT2D eigenvalue weighted by molar-refractivity contribution is -0.133. The van der Waals surface area contributed by atoms with Gasteiger partial charge in [-0.2, -0.15) is 0 Å². The number of nitrogens with zero attached hydrogens (tertiary/aromatic N) is 2. The molecule has 3 aromatic rings. The van der Waals surface area contributed by atoms with Crippen molar-refractivity contribution in [3.8, 4) is 10.4 Å². The van der Waals surface area contributed by atoms with E-state index in [-0.39, 0.29) is 11.8 Å². The smallest absolute Gasteiger partial charge is 0.255 e. The summed E-state index contributed by atoms with van der Waals surface area (Å²) in [5, 5.41) is 4.93. The maximum absolute atomic E-state index is 12.9. The van der Waals surface area contributed by atoms with Crippen LogP contribution < -0.4 is 5.32 Å². The number of pyridine rings is 1. The van der Waals surface area contributed by atoms with Crippen LogP contribution in [-0.4, -0.2) is 41.8 Å². The quantitative estimate of drug-likeness (QED) is 0.679. The molecule has 1 aromatic carbocycles. The first kappa shape index (κ1) is 20.3. The molecule has 0 atom stereocenters. The second-order valence-corrected chi connectivity index (χ2v) is 8.69. The minimum Gasteiger partial charge on any atom is -0.359 e. The zero-order chi connectivity index (χ0) is 21.0. The van der Waals surface area contributed by atoms with Gasteiger partial charge in [0.25, 0.3) is 5.91 Å². The standard InChI is InChI=1S/C24H25N3O2S/c1-25-23(29)24(16-18-6-8-19(9-7-18)21-5-3-15-30-21)10-13-27(14-11-24)22(28)20-4-2-12-26-17-20/h2-9,12,15,17H,10-11,13-14,16H2,1H3,(H,25,29). The van der Waals surface area contributed by atoms with E-state index in [4.69, 9.17) is 0 Å². The summed E-state index contributed by atoms with van der Waals surface area (Å²) in [6.45, 7) is 1.13. The molecule has 0 saturated carbocycles. The Bertz CT molecular complexity index is 993. The Morgan fingerprint density at radius 3 is 2.47 bits per heavy atom. The molecule has 0 radical (unpaired) electrons. The van der Waals surface area contributed by atoms with E-state index in [0.29, 0.717) is 37.9 Å². The zero-order valence-electron chi connectivity index (χ0n) is 17.0. The summed E-state index contributed by atoms with van der Waals surface area (Å²) in [6, 6.07) is 16.2. The molecule has 1 fully saturated rings. The molecule has 0 spiro atoms. The highest BCUT2D eigenvalue weighted by molar-refractivity contribution is 7.13. The van der Waals surface area contributed by atoms with Crippen LogP contribution in [0.15, 0.2) is 66.3 Å². The Hall–Kier alpha value is -2.99. The molecule has 1 N–H and O–H groups in total. The number of thiophene rings is 1. The Kier molecular flexibility index (Phi) is 5.95. The number of aromatic nitrogens is 1. The van der Waals surface area contributed by atoms with Crippen LogP contribution in [0.5, 0.6) is 0 Å². The fourth-order valence-corrected chi connectivity index (χ4v) is 4.91. The molecule has 30 heavy (non-hydrogen) atoms. The number of hydrogen-bond donors (Lipinski definition) is 1. The van der Waals surface area contributed by atoms with Gasteiger partial charge in [-0.3, -0.25) is 14.6 Å². The molecule has 0 aliphatic carbocycles. The molecular weight excluding hydrogens is 394 g/mol. The molecule has 0 bridgehead atoms. The summed E-state index contributed by atoms with van der Waals surface area (Å²) in [5.41, 5.74) is 2.44. The van der Waals surface area contributed by atoms with Crippen molar-refractivity contribution in [2.45, 2.75) is 19.3 Å². The van der Waals surface area contributed by atoms with Crippen LogP contribution in [0.4, 0.5) is 0 Å². The van der Waals surface area contributed by atoms with Crippen LogP contribution in [0.25, 0.3) is 10.4 Å². The molecule has 1 aliphatic rings. The minimum absolute atomic E-state index is 0.0195.